The molecular formula is C16H25N3O3. The number of guanidine groups is 1. The van der Waals surface area contributed by atoms with Gasteiger partial charge in [-0.15, -0.1) is 0 Å². The van der Waals surface area contributed by atoms with Gasteiger partial charge in [0.1, 0.15) is 17.2 Å². The maximum Gasteiger partial charge on any atom is 0.188 e. The Balaban J connectivity index is 2.06. The third-order valence-corrected chi connectivity index (χ3v) is 4.02. The number of aliphatic imine (C=N–C) groups is 1. The second-order valence-corrected chi connectivity index (χ2v) is 5.39. The summed E-state index contributed by atoms with van der Waals surface area (Å²) in [5.41, 5.74) is 6.77. The van der Waals surface area contributed by atoms with Crippen molar-refractivity contribution in [3.05, 3.63) is 17.7 Å². The highest BCUT2D eigenvalue weighted by atomic mass is 16.5. The average molecular weight is 307 g/mol. The molecule has 0 spiro atoms. The standard InChI is InChI=1S/C16H25N3O3/c1-20-12-7-14(21-2)13(15(8-12)22-3)10-19-16(17)18-9-11-5-4-6-11/h7-8,11H,4-6,9-10H2,1-3H3,(H3,17,18,19). The topological polar surface area (TPSA) is 78.1 Å². The van der Waals surface area contributed by atoms with Crippen LogP contribution in [0.25, 0.3) is 0 Å². The zero-order valence-electron chi connectivity index (χ0n) is 13.5. The van der Waals surface area contributed by atoms with Gasteiger partial charge in [0.25, 0.3) is 0 Å². The van der Waals surface area contributed by atoms with E-state index >= 15 is 0 Å². The van der Waals surface area contributed by atoms with Gasteiger partial charge < -0.3 is 25.3 Å². The van der Waals surface area contributed by atoms with Crippen LogP contribution in [0.4, 0.5) is 0 Å². The molecule has 6 heteroatoms. The van der Waals surface area contributed by atoms with Crippen molar-refractivity contribution in [3.63, 3.8) is 0 Å². The van der Waals surface area contributed by atoms with Crippen molar-refractivity contribution in [2.75, 3.05) is 27.9 Å². The summed E-state index contributed by atoms with van der Waals surface area (Å²) in [7, 11) is 4.83. The van der Waals surface area contributed by atoms with Gasteiger partial charge in [-0.3, -0.25) is 0 Å². The average Bonchev–Trinajstić information content (AvgIpc) is 2.50. The highest BCUT2D eigenvalue weighted by molar-refractivity contribution is 5.77. The first-order valence-electron chi connectivity index (χ1n) is 7.50. The summed E-state index contributed by atoms with van der Waals surface area (Å²) in [5.74, 6) is 3.21. The Morgan fingerprint density at radius 3 is 2.27 bits per heavy atom. The molecule has 3 N–H and O–H groups in total. The van der Waals surface area contributed by atoms with E-state index in [0.717, 1.165) is 18.0 Å². The van der Waals surface area contributed by atoms with Crippen LogP contribution >= 0.6 is 0 Å². The molecule has 0 atom stereocenters. The molecule has 22 heavy (non-hydrogen) atoms. The lowest BCUT2D eigenvalue weighted by atomic mass is 9.85. The zero-order valence-corrected chi connectivity index (χ0v) is 13.5. The van der Waals surface area contributed by atoms with Gasteiger partial charge in [-0.1, -0.05) is 6.42 Å². The summed E-state index contributed by atoms with van der Waals surface area (Å²) in [4.78, 5) is 4.38. The lowest BCUT2D eigenvalue weighted by Gasteiger charge is -2.25. The van der Waals surface area contributed by atoms with Gasteiger partial charge in [0, 0.05) is 18.7 Å². The summed E-state index contributed by atoms with van der Waals surface area (Å²) in [6.45, 7) is 1.28. The number of nitrogens with zero attached hydrogens (tertiary/aromatic N) is 1. The third kappa shape index (κ3) is 3.96. The van der Waals surface area contributed by atoms with Gasteiger partial charge in [-0.05, 0) is 18.8 Å². The van der Waals surface area contributed by atoms with E-state index in [0.29, 0.717) is 29.8 Å². The number of rotatable bonds is 7. The van der Waals surface area contributed by atoms with Crippen molar-refractivity contribution in [2.24, 2.45) is 16.6 Å². The molecule has 1 fully saturated rings. The molecule has 0 unspecified atom stereocenters. The van der Waals surface area contributed by atoms with Crippen LogP contribution < -0.4 is 25.3 Å². The Bertz CT molecular complexity index is 502. The predicted molar refractivity (Wildman–Crippen MR) is 86.8 cm³/mol. The number of ether oxygens (including phenoxy) is 3. The monoisotopic (exact) mass is 307 g/mol. The SMILES string of the molecule is COc1cc(OC)c(CN=C(N)NCC2CCC2)c(OC)c1. The molecule has 2 rings (SSSR count). The second-order valence-electron chi connectivity index (χ2n) is 5.39. The normalized spacial score (nSPS) is 15.1. The maximum atomic E-state index is 5.92. The minimum Gasteiger partial charge on any atom is -0.496 e. The number of nitrogens with two attached hydrogens (primary N) is 1. The quantitative estimate of drug-likeness (QED) is 0.594. The molecular weight excluding hydrogens is 282 g/mol. The number of hydrogen-bond acceptors (Lipinski definition) is 4. The highest BCUT2D eigenvalue weighted by Crippen LogP contribution is 2.34. The van der Waals surface area contributed by atoms with Crippen molar-refractivity contribution in [2.45, 2.75) is 25.8 Å². The van der Waals surface area contributed by atoms with E-state index in [4.69, 9.17) is 19.9 Å². The molecule has 1 aliphatic carbocycles. The summed E-state index contributed by atoms with van der Waals surface area (Å²) >= 11 is 0. The van der Waals surface area contributed by atoms with Gasteiger partial charge in [0.15, 0.2) is 5.96 Å². The van der Waals surface area contributed by atoms with E-state index in [1.807, 2.05) is 12.1 Å². The van der Waals surface area contributed by atoms with Crippen LogP contribution in [0.2, 0.25) is 0 Å². The van der Waals surface area contributed by atoms with Crippen LogP contribution in [0.15, 0.2) is 17.1 Å². The number of nitrogens with one attached hydrogen (secondary N) is 1. The van der Waals surface area contributed by atoms with E-state index in [1.54, 1.807) is 21.3 Å². The van der Waals surface area contributed by atoms with Crippen LogP contribution in [0.1, 0.15) is 24.8 Å². The molecule has 0 amide bonds. The van der Waals surface area contributed by atoms with E-state index < -0.39 is 0 Å². The molecule has 0 aliphatic heterocycles. The van der Waals surface area contributed by atoms with Crippen LogP contribution in [0, 0.1) is 5.92 Å². The Labute approximate surface area is 131 Å². The van der Waals surface area contributed by atoms with Crippen molar-refractivity contribution in [1.29, 1.82) is 0 Å². The Morgan fingerprint density at radius 2 is 1.82 bits per heavy atom. The fourth-order valence-electron chi connectivity index (χ4n) is 2.40. The van der Waals surface area contributed by atoms with Gasteiger partial charge in [-0.2, -0.15) is 0 Å². The van der Waals surface area contributed by atoms with Crippen molar-refractivity contribution in [3.8, 4) is 17.2 Å². The Morgan fingerprint density at radius 1 is 1.18 bits per heavy atom. The number of benzene rings is 1. The van der Waals surface area contributed by atoms with Crippen molar-refractivity contribution >= 4 is 5.96 Å². The molecule has 1 aromatic carbocycles. The molecule has 0 radical (unpaired) electrons. The molecule has 122 valence electrons. The van der Waals surface area contributed by atoms with E-state index in [1.165, 1.54) is 19.3 Å². The van der Waals surface area contributed by atoms with Gasteiger partial charge >= 0.3 is 0 Å². The first kappa shape index (κ1) is 16.3. The second kappa shape index (κ2) is 7.77. The molecule has 0 saturated heterocycles. The largest absolute Gasteiger partial charge is 0.496 e. The maximum absolute atomic E-state index is 5.92. The van der Waals surface area contributed by atoms with Crippen molar-refractivity contribution in [1.82, 2.24) is 5.32 Å². The van der Waals surface area contributed by atoms with Gasteiger partial charge in [0.05, 0.1) is 33.4 Å². The Hall–Kier alpha value is -2.11. The van der Waals surface area contributed by atoms with Crippen LogP contribution in [0.5, 0.6) is 17.2 Å². The molecule has 0 aromatic heterocycles. The fraction of sp³-hybridized carbons (Fsp3) is 0.562. The molecule has 0 bridgehead atoms. The lowest BCUT2D eigenvalue weighted by molar-refractivity contribution is 0.315. The molecule has 1 aromatic rings. The van der Waals surface area contributed by atoms with E-state index in [-0.39, 0.29) is 0 Å². The minimum absolute atomic E-state index is 0.389. The summed E-state index contributed by atoms with van der Waals surface area (Å²) in [6.07, 6.45) is 3.88. The van der Waals surface area contributed by atoms with Crippen LogP contribution in [-0.4, -0.2) is 33.8 Å². The summed E-state index contributed by atoms with van der Waals surface area (Å²) < 4.78 is 16.0. The molecule has 1 aliphatic rings. The van der Waals surface area contributed by atoms with Gasteiger partial charge in [-0.25, -0.2) is 4.99 Å². The first-order chi connectivity index (χ1) is 10.7. The smallest absolute Gasteiger partial charge is 0.188 e. The van der Waals surface area contributed by atoms with Gasteiger partial charge in [0.2, 0.25) is 0 Å². The number of methoxy groups -OCH3 is 3. The zero-order chi connectivity index (χ0) is 15.9. The predicted octanol–water partition coefficient (Wildman–Crippen LogP) is 1.92. The van der Waals surface area contributed by atoms with Crippen molar-refractivity contribution < 1.29 is 14.2 Å². The minimum atomic E-state index is 0.389. The molecule has 6 nitrogen and oxygen atoms in total. The van der Waals surface area contributed by atoms with Crippen LogP contribution in [0.3, 0.4) is 0 Å². The highest BCUT2D eigenvalue weighted by Gasteiger charge is 2.17. The first-order valence-corrected chi connectivity index (χ1v) is 7.50. The number of hydrogen-bond donors (Lipinski definition) is 2. The summed E-state index contributed by atoms with van der Waals surface area (Å²) in [5, 5.41) is 3.17. The Kier molecular flexibility index (Phi) is 5.75. The lowest BCUT2D eigenvalue weighted by Crippen LogP contribution is -2.37. The van der Waals surface area contributed by atoms with E-state index in [9.17, 15) is 0 Å². The molecule has 1 saturated carbocycles. The van der Waals surface area contributed by atoms with Crippen LogP contribution in [-0.2, 0) is 6.54 Å². The molecule has 0 heterocycles. The summed E-state index contributed by atoms with van der Waals surface area (Å²) in [6, 6.07) is 3.62. The fourth-order valence-corrected chi connectivity index (χ4v) is 2.40. The van der Waals surface area contributed by atoms with E-state index in [2.05, 4.69) is 10.3 Å². The third-order valence-electron chi connectivity index (χ3n) is 4.02.